The lowest BCUT2D eigenvalue weighted by molar-refractivity contribution is -0.129. The third-order valence-electron chi connectivity index (χ3n) is 4.13. The normalized spacial score (nSPS) is 12.9. The molecule has 2 aromatic carbocycles. The van der Waals surface area contributed by atoms with E-state index < -0.39 is 18.0 Å². The SMILES string of the molecule is C[C@@H](OC(=O)c1ccccc1NCCO)C(=O)NCc1ccc2c(c1)OCO2. The standard InChI is InChI=1S/C20H22N2O6/c1-13(28-20(25)15-4-2-3-5-16(15)21-8-9-23)19(24)22-11-14-6-7-17-18(10-14)27-12-26-17/h2-7,10,13,21,23H,8-9,11-12H2,1H3,(H,22,24)/t13-/m1/s1. The van der Waals surface area contributed by atoms with Gasteiger partial charge in [0.15, 0.2) is 17.6 Å². The predicted molar refractivity (Wildman–Crippen MR) is 101 cm³/mol. The maximum atomic E-state index is 12.4. The minimum atomic E-state index is -0.965. The summed E-state index contributed by atoms with van der Waals surface area (Å²) in [5, 5.41) is 14.6. The molecule has 8 heteroatoms. The number of esters is 1. The molecular formula is C20H22N2O6. The van der Waals surface area contributed by atoms with Crippen molar-refractivity contribution >= 4 is 17.6 Å². The van der Waals surface area contributed by atoms with E-state index in [2.05, 4.69) is 10.6 Å². The number of nitrogens with one attached hydrogen (secondary N) is 2. The number of hydrogen-bond donors (Lipinski definition) is 3. The maximum absolute atomic E-state index is 12.4. The monoisotopic (exact) mass is 386 g/mol. The summed E-state index contributed by atoms with van der Waals surface area (Å²) in [6, 6.07) is 12.2. The quantitative estimate of drug-likeness (QED) is 0.593. The average molecular weight is 386 g/mol. The Hall–Kier alpha value is -3.26. The van der Waals surface area contributed by atoms with Gasteiger partial charge in [-0.05, 0) is 36.8 Å². The van der Waals surface area contributed by atoms with Crippen molar-refractivity contribution in [1.29, 1.82) is 0 Å². The van der Waals surface area contributed by atoms with E-state index in [4.69, 9.17) is 19.3 Å². The first-order valence-corrected chi connectivity index (χ1v) is 8.89. The van der Waals surface area contributed by atoms with Crippen molar-refractivity contribution in [2.45, 2.75) is 19.6 Å². The van der Waals surface area contributed by atoms with Gasteiger partial charge in [-0.3, -0.25) is 4.79 Å². The first-order valence-electron chi connectivity index (χ1n) is 8.89. The molecule has 1 amide bonds. The lowest BCUT2D eigenvalue weighted by atomic mass is 10.1. The molecule has 1 heterocycles. The van der Waals surface area contributed by atoms with Crippen LogP contribution in [0.4, 0.5) is 5.69 Å². The number of aliphatic hydroxyl groups excluding tert-OH is 1. The maximum Gasteiger partial charge on any atom is 0.341 e. The first-order chi connectivity index (χ1) is 13.6. The molecule has 0 saturated carbocycles. The molecule has 0 radical (unpaired) electrons. The van der Waals surface area contributed by atoms with E-state index in [0.717, 1.165) is 5.56 Å². The predicted octanol–water partition coefficient (Wildman–Crippen LogP) is 1.68. The molecule has 1 atom stereocenters. The van der Waals surface area contributed by atoms with Crippen molar-refractivity contribution in [3.05, 3.63) is 53.6 Å². The van der Waals surface area contributed by atoms with Crippen LogP contribution in [-0.4, -0.2) is 43.0 Å². The van der Waals surface area contributed by atoms with E-state index >= 15 is 0 Å². The van der Waals surface area contributed by atoms with Gasteiger partial charge in [-0.15, -0.1) is 0 Å². The zero-order valence-corrected chi connectivity index (χ0v) is 15.4. The van der Waals surface area contributed by atoms with Gasteiger partial charge in [0.25, 0.3) is 5.91 Å². The summed E-state index contributed by atoms with van der Waals surface area (Å²) in [6.45, 7) is 2.20. The average Bonchev–Trinajstić information content (AvgIpc) is 3.18. The van der Waals surface area contributed by atoms with Crippen LogP contribution in [0.1, 0.15) is 22.8 Å². The summed E-state index contributed by atoms with van der Waals surface area (Å²) in [6.07, 6.45) is -0.965. The van der Waals surface area contributed by atoms with Gasteiger partial charge in [0.2, 0.25) is 6.79 Å². The van der Waals surface area contributed by atoms with Crippen LogP contribution in [0.25, 0.3) is 0 Å². The highest BCUT2D eigenvalue weighted by Crippen LogP contribution is 2.32. The molecular weight excluding hydrogens is 364 g/mol. The van der Waals surface area contributed by atoms with Crippen LogP contribution in [0.5, 0.6) is 11.5 Å². The largest absolute Gasteiger partial charge is 0.454 e. The van der Waals surface area contributed by atoms with Crippen LogP contribution < -0.4 is 20.1 Å². The zero-order chi connectivity index (χ0) is 19.9. The van der Waals surface area contributed by atoms with Gasteiger partial charge >= 0.3 is 5.97 Å². The number of anilines is 1. The van der Waals surface area contributed by atoms with E-state index in [1.54, 1.807) is 36.4 Å². The third kappa shape index (κ3) is 4.72. The Bertz CT molecular complexity index is 854. The van der Waals surface area contributed by atoms with Crippen molar-refractivity contribution in [3.63, 3.8) is 0 Å². The number of fused-ring (bicyclic) bond motifs is 1. The molecule has 8 nitrogen and oxygen atoms in total. The molecule has 0 spiro atoms. The molecule has 0 unspecified atom stereocenters. The number of para-hydroxylation sites is 1. The molecule has 0 aromatic heterocycles. The van der Waals surface area contributed by atoms with Crippen molar-refractivity contribution in [1.82, 2.24) is 5.32 Å². The van der Waals surface area contributed by atoms with Crippen LogP contribution in [0.3, 0.4) is 0 Å². The molecule has 1 aliphatic heterocycles. The molecule has 148 valence electrons. The van der Waals surface area contributed by atoms with E-state index in [1.807, 2.05) is 6.07 Å². The Balaban J connectivity index is 1.54. The Morgan fingerprint density at radius 3 is 2.79 bits per heavy atom. The van der Waals surface area contributed by atoms with Gasteiger partial charge in [0.1, 0.15) is 0 Å². The highest BCUT2D eigenvalue weighted by atomic mass is 16.7. The number of hydrogen-bond acceptors (Lipinski definition) is 7. The van der Waals surface area contributed by atoms with Crippen LogP contribution in [0.15, 0.2) is 42.5 Å². The molecule has 0 fully saturated rings. The summed E-state index contributed by atoms with van der Waals surface area (Å²) in [5.41, 5.74) is 1.68. The zero-order valence-electron chi connectivity index (χ0n) is 15.4. The van der Waals surface area contributed by atoms with Gasteiger partial charge in [0.05, 0.1) is 12.2 Å². The fraction of sp³-hybridized carbons (Fsp3) is 0.300. The summed E-state index contributed by atoms with van der Waals surface area (Å²) in [5.74, 6) is 0.280. The lowest BCUT2D eigenvalue weighted by Gasteiger charge is -2.15. The molecule has 0 bridgehead atoms. The Morgan fingerprint density at radius 1 is 1.18 bits per heavy atom. The molecule has 3 N–H and O–H groups in total. The van der Waals surface area contributed by atoms with E-state index in [0.29, 0.717) is 29.3 Å². The number of rotatable bonds is 8. The van der Waals surface area contributed by atoms with Crippen molar-refractivity contribution < 1.29 is 28.9 Å². The Morgan fingerprint density at radius 2 is 1.96 bits per heavy atom. The second kappa shape index (κ2) is 9.09. The smallest absolute Gasteiger partial charge is 0.341 e. The number of ether oxygens (including phenoxy) is 3. The van der Waals surface area contributed by atoms with Crippen molar-refractivity contribution in [2.75, 3.05) is 25.3 Å². The molecule has 0 saturated heterocycles. The van der Waals surface area contributed by atoms with Crippen LogP contribution >= 0.6 is 0 Å². The number of amides is 1. The van der Waals surface area contributed by atoms with Crippen LogP contribution in [0, 0.1) is 0 Å². The van der Waals surface area contributed by atoms with Crippen LogP contribution in [-0.2, 0) is 16.1 Å². The fourth-order valence-corrected chi connectivity index (χ4v) is 2.67. The van der Waals surface area contributed by atoms with Crippen LogP contribution in [0.2, 0.25) is 0 Å². The molecule has 1 aliphatic rings. The molecule has 0 aliphatic carbocycles. The van der Waals surface area contributed by atoms with Gasteiger partial charge in [0, 0.05) is 18.8 Å². The fourth-order valence-electron chi connectivity index (χ4n) is 2.67. The highest BCUT2D eigenvalue weighted by molar-refractivity contribution is 5.97. The topological polar surface area (TPSA) is 106 Å². The van der Waals surface area contributed by atoms with Gasteiger partial charge in [-0.1, -0.05) is 18.2 Å². The minimum Gasteiger partial charge on any atom is -0.454 e. The molecule has 3 rings (SSSR count). The van der Waals surface area contributed by atoms with Gasteiger partial charge < -0.3 is 30.0 Å². The number of carbonyl (C=O) groups excluding carboxylic acids is 2. The summed E-state index contributed by atoms with van der Waals surface area (Å²) < 4.78 is 15.8. The van der Waals surface area contributed by atoms with Crippen molar-refractivity contribution in [3.8, 4) is 11.5 Å². The summed E-state index contributed by atoms with van der Waals surface area (Å²) >= 11 is 0. The lowest BCUT2D eigenvalue weighted by Crippen LogP contribution is -2.35. The van der Waals surface area contributed by atoms with Gasteiger partial charge in [-0.25, -0.2) is 4.79 Å². The highest BCUT2D eigenvalue weighted by Gasteiger charge is 2.21. The third-order valence-corrected chi connectivity index (χ3v) is 4.13. The first kappa shape index (κ1) is 19.5. The molecule has 2 aromatic rings. The van der Waals surface area contributed by atoms with Gasteiger partial charge in [-0.2, -0.15) is 0 Å². The summed E-state index contributed by atoms with van der Waals surface area (Å²) in [4.78, 5) is 24.7. The van der Waals surface area contributed by atoms with E-state index in [-0.39, 0.29) is 19.9 Å². The molecule has 28 heavy (non-hydrogen) atoms. The van der Waals surface area contributed by atoms with E-state index in [1.165, 1.54) is 6.92 Å². The number of benzene rings is 2. The number of carbonyl (C=O) groups is 2. The Kier molecular flexibility index (Phi) is 6.33. The van der Waals surface area contributed by atoms with E-state index in [9.17, 15) is 9.59 Å². The van der Waals surface area contributed by atoms with Crippen molar-refractivity contribution in [2.24, 2.45) is 0 Å². The second-order valence-corrected chi connectivity index (χ2v) is 6.15. The Labute approximate surface area is 162 Å². The second-order valence-electron chi connectivity index (χ2n) is 6.15. The minimum absolute atomic E-state index is 0.0674. The number of aliphatic hydroxyl groups is 1. The summed E-state index contributed by atoms with van der Waals surface area (Å²) in [7, 11) is 0.